The molecule has 6 atom stereocenters. The highest BCUT2D eigenvalue weighted by Gasteiger charge is 2.33. The highest BCUT2D eigenvalue weighted by Crippen LogP contribution is 2.17. The van der Waals surface area contributed by atoms with E-state index in [9.17, 15) is 30.0 Å². The number of piperazine rings is 1. The molecule has 1 aliphatic heterocycles. The second-order valence-electron chi connectivity index (χ2n) is 19.2. The van der Waals surface area contributed by atoms with Gasteiger partial charge in [0.2, 0.25) is 11.8 Å². The molecule has 362 valence electrons. The van der Waals surface area contributed by atoms with Gasteiger partial charge < -0.3 is 31.1 Å². The fourth-order valence-electron chi connectivity index (χ4n) is 9.05. The Morgan fingerprint density at radius 1 is 0.410 bits per heavy atom. The second-order valence-corrected chi connectivity index (χ2v) is 19.2. The maximum absolute atomic E-state index is 13.1. The summed E-state index contributed by atoms with van der Waals surface area (Å²) in [6.07, 6.45) is 34.7. The fourth-order valence-corrected chi connectivity index (χ4v) is 9.05. The first-order valence-corrected chi connectivity index (χ1v) is 26.4. The molecule has 0 unspecified atom stereocenters. The van der Waals surface area contributed by atoms with Gasteiger partial charge in [-0.15, -0.1) is 0 Å². The highest BCUT2D eigenvalue weighted by molar-refractivity contribution is 5.96. The lowest BCUT2D eigenvalue weighted by molar-refractivity contribution is -0.137. The van der Waals surface area contributed by atoms with Crippen LogP contribution in [0.1, 0.15) is 240 Å². The number of amides is 2. The molecule has 6 N–H and O–H groups in total. The molecule has 0 aromatic heterocycles. The fraction of sp³-hybridized carbons (Fsp3) is 0.961. The van der Waals surface area contributed by atoms with Gasteiger partial charge in [0.05, 0.1) is 24.4 Å². The minimum atomic E-state index is -0.540. The number of carbonyl (C=O) groups excluding carboxylic acids is 2. The zero-order valence-corrected chi connectivity index (χ0v) is 40.5. The van der Waals surface area contributed by atoms with Crippen LogP contribution in [0.5, 0.6) is 0 Å². The number of unbranched alkanes of at least 4 members (excludes halogenated alkanes) is 23. The SMILES string of the molecule is CCCCCCCCCC[C@@H](O)CN(CCCC[C@@H]1NC(=O)[C@@H](CCCCN(C[C@H](O)CCCCCCCCCC)C[C@@H](C)O)NC1=O)C[C@H](O)CCCCCCCCCC. The molecule has 1 rings (SSSR count). The standard InChI is InChI=1S/C51H102N4O6/c1-5-8-11-14-17-20-23-26-33-45(57)41-54(40-44(4)56)38-31-29-36-48-50(60)53-49(51(61)52-48)37-30-32-39-55(42-46(58)34-27-24-21-18-15-12-9-6-2)43-47(59)35-28-25-22-19-16-13-10-7-3/h44-49,56-59H,5-43H2,1-4H3,(H,52,61)(H,53,60)/t44-,45-,46-,47-,48-,49+/m1/s1. The van der Waals surface area contributed by atoms with Crippen LogP contribution in [-0.4, -0.2) is 118 Å². The zero-order valence-electron chi connectivity index (χ0n) is 40.5. The molecule has 1 fully saturated rings. The van der Waals surface area contributed by atoms with Crippen molar-refractivity contribution in [1.29, 1.82) is 0 Å². The average molecular weight is 867 g/mol. The topological polar surface area (TPSA) is 146 Å². The number of rotatable bonds is 45. The Morgan fingerprint density at radius 2 is 0.689 bits per heavy atom. The largest absolute Gasteiger partial charge is 0.392 e. The molecule has 10 heteroatoms. The molecule has 0 spiro atoms. The first-order valence-electron chi connectivity index (χ1n) is 26.4. The van der Waals surface area contributed by atoms with E-state index in [0.29, 0.717) is 39.0 Å². The molecule has 0 saturated carbocycles. The molecule has 1 saturated heterocycles. The lowest BCUT2D eigenvalue weighted by Crippen LogP contribution is -2.61. The minimum Gasteiger partial charge on any atom is -0.392 e. The van der Waals surface area contributed by atoms with Gasteiger partial charge >= 0.3 is 0 Å². The summed E-state index contributed by atoms with van der Waals surface area (Å²) in [6.45, 7) is 12.2. The predicted molar refractivity (Wildman–Crippen MR) is 256 cm³/mol. The van der Waals surface area contributed by atoms with E-state index in [0.717, 1.165) is 96.6 Å². The lowest BCUT2D eigenvalue weighted by atomic mass is 10.0. The third-order valence-electron chi connectivity index (χ3n) is 12.8. The summed E-state index contributed by atoms with van der Waals surface area (Å²) >= 11 is 0. The van der Waals surface area contributed by atoms with E-state index in [2.05, 4.69) is 41.2 Å². The highest BCUT2D eigenvalue weighted by atomic mass is 16.3. The number of aliphatic hydroxyl groups excluding tert-OH is 4. The van der Waals surface area contributed by atoms with Crippen molar-refractivity contribution in [3.8, 4) is 0 Å². The minimum absolute atomic E-state index is 0.122. The van der Waals surface area contributed by atoms with Gasteiger partial charge in [0, 0.05) is 26.2 Å². The normalized spacial score (nSPS) is 17.8. The van der Waals surface area contributed by atoms with Crippen molar-refractivity contribution in [2.75, 3.05) is 39.3 Å². The van der Waals surface area contributed by atoms with E-state index >= 15 is 0 Å². The van der Waals surface area contributed by atoms with Crippen molar-refractivity contribution in [3.63, 3.8) is 0 Å². The van der Waals surface area contributed by atoms with Crippen molar-refractivity contribution in [3.05, 3.63) is 0 Å². The molecule has 10 nitrogen and oxygen atoms in total. The van der Waals surface area contributed by atoms with Crippen LogP contribution in [0.3, 0.4) is 0 Å². The van der Waals surface area contributed by atoms with E-state index in [1.54, 1.807) is 6.92 Å². The zero-order chi connectivity index (χ0) is 44.8. The quantitative estimate of drug-likeness (QED) is 0.0332. The number of hydrogen-bond acceptors (Lipinski definition) is 8. The van der Waals surface area contributed by atoms with Gasteiger partial charge in [-0.25, -0.2) is 0 Å². The van der Waals surface area contributed by atoms with Crippen molar-refractivity contribution < 1.29 is 30.0 Å². The second kappa shape index (κ2) is 40.2. The van der Waals surface area contributed by atoms with Gasteiger partial charge in [-0.05, 0) is 77.8 Å². The van der Waals surface area contributed by atoms with Crippen molar-refractivity contribution in [2.45, 2.75) is 276 Å². The van der Waals surface area contributed by atoms with Gasteiger partial charge in [-0.2, -0.15) is 0 Å². The Morgan fingerprint density at radius 3 is 0.984 bits per heavy atom. The molecule has 1 aliphatic rings. The Labute approximate surface area is 376 Å². The summed E-state index contributed by atoms with van der Waals surface area (Å²) in [5, 5.41) is 48.7. The molecule has 0 aromatic carbocycles. The molecule has 1 heterocycles. The molecule has 61 heavy (non-hydrogen) atoms. The van der Waals surface area contributed by atoms with Gasteiger partial charge in [0.15, 0.2) is 0 Å². The van der Waals surface area contributed by atoms with Crippen LogP contribution < -0.4 is 10.6 Å². The lowest BCUT2D eigenvalue weighted by Gasteiger charge is -2.31. The summed E-state index contributed by atoms with van der Waals surface area (Å²) in [4.78, 5) is 30.5. The summed E-state index contributed by atoms with van der Waals surface area (Å²) in [5.74, 6) is -0.246. The molecule has 2 amide bonds. The summed E-state index contributed by atoms with van der Waals surface area (Å²) < 4.78 is 0. The Kier molecular flexibility index (Phi) is 38.1. The van der Waals surface area contributed by atoms with Crippen LogP contribution >= 0.6 is 0 Å². The van der Waals surface area contributed by atoms with Crippen molar-refractivity contribution >= 4 is 11.8 Å². The van der Waals surface area contributed by atoms with E-state index in [1.165, 1.54) is 116 Å². The molecular formula is C51H102N4O6. The van der Waals surface area contributed by atoms with Gasteiger partial charge in [0.1, 0.15) is 12.1 Å². The van der Waals surface area contributed by atoms with E-state index in [-0.39, 0.29) is 11.8 Å². The van der Waals surface area contributed by atoms with E-state index in [4.69, 9.17) is 0 Å². The maximum atomic E-state index is 13.1. The molecule has 0 radical (unpaired) electrons. The summed E-state index contributed by atoms with van der Waals surface area (Å²) in [6, 6.07) is -1.08. The number of nitrogens with zero attached hydrogens (tertiary/aromatic N) is 2. The van der Waals surface area contributed by atoms with E-state index in [1.807, 2.05) is 0 Å². The molecular weight excluding hydrogens is 765 g/mol. The van der Waals surface area contributed by atoms with Gasteiger partial charge in [-0.3, -0.25) is 19.4 Å². The third-order valence-corrected chi connectivity index (χ3v) is 12.8. The number of nitrogens with one attached hydrogen (secondary N) is 2. The molecule has 0 bridgehead atoms. The average Bonchev–Trinajstić information content (AvgIpc) is 3.22. The monoisotopic (exact) mass is 867 g/mol. The number of carbonyl (C=O) groups is 2. The maximum Gasteiger partial charge on any atom is 0.243 e. The summed E-state index contributed by atoms with van der Waals surface area (Å²) in [5.41, 5.74) is 0. The molecule has 0 aromatic rings. The van der Waals surface area contributed by atoms with Crippen LogP contribution in [0, 0.1) is 0 Å². The van der Waals surface area contributed by atoms with E-state index < -0.39 is 36.5 Å². The third kappa shape index (κ3) is 33.8. The Bertz CT molecular complexity index is 976. The smallest absolute Gasteiger partial charge is 0.243 e. The van der Waals surface area contributed by atoms with Crippen molar-refractivity contribution in [1.82, 2.24) is 20.4 Å². The van der Waals surface area contributed by atoms with Gasteiger partial charge in [0.25, 0.3) is 0 Å². The van der Waals surface area contributed by atoms with Crippen LogP contribution in [0.2, 0.25) is 0 Å². The van der Waals surface area contributed by atoms with Crippen LogP contribution in [0.4, 0.5) is 0 Å². The molecule has 0 aliphatic carbocycles. The first-order chi connectivity index (χ1) is 29.6. The Hall–Kier alpha value is -1.30. The first kappa shape index (κ1) is 57.7. The van der Waals surface area contributed by atoms with Crippen LogP contribution in [0.15, 0.2) is 0 Å². The predicted octanol–water partition coefficient (Wildman–Crippen LogP) is 9.97. The van der Waals surface area contributed by atoms with Crippen LogP contribution in [-0.2, 0) is 9.59 Å². The van der Waals surface area contributed by atoms with Gasteiger partial charge in [-0.1, -0.05) is 175 Å². The number of aliphatic hydroxyl groups is 4. The number of hydrogen-bond donors (Lipinski definition) is 6. The Balaban J connectivity index is 2.47. The van der Waals surface area contributed by atoms with Crippen LogP contribution in [0.25, 0.3) is 0 Å². The van der Waals surface area contributed by atoms with Crippen molar-refractivity contribution in [2.24, 2.45) is 0 Å². The summed E-state index contributed by atoms with van der Waals surface area (Å²) in [7, 11) is 0.